The lowest BCUT2D eigenvalue weighted by Gasteiger charge is -2.29. The number of carbonyl (C=O) groups is 3. The number of rotatable bonds is 2. The van der Waals surface area contributed by atoms with Gasteiger partial charge in [0.1, 0.15) is 11.8 Å². The number of imide groups is 1. The first kappa shape index (κ1) is 13.4. The minimum atomic E-state index is -0.616. The van der Waals surface area contributed by atoms with Crippen molar-refractivity contribution in [2.75, 3.05) is 12.8 Å². The normalized spacial score (nSPS) is 21.3. The highest BCUT2D eigenvalue weighted by Crippen LogP contribution is 2.33. The van der Waals surface area contributed by atoms with Crippen molar-refractivity contribution in [2.24, 2.45) is 0 Å². The van der Waals surface area contributed by atoms with E-state index in [1.807, 2.05) is 0 Å². The summed E-state index contributed by atoms with van der Waals surface area (Å²) < 4.78 is 5.11. The van der Waals surface area contributed by atoms with Gasteiger partial charge in [-0.2, -0.15) is 0 Å². The number of hydrogen-bond acceptors (Lipinski definition) is 5. The summed E-state index contributed by atoms with van der Waals surface area (Å²) >= 11 is 0. The Labute approximate surface area is 121 Å². The SMILES string of the molecule is COc1cc2c(cc1N)CN(C1CCC(=O)NC1=O)C2=O. The Morgan fingerprint density at radius 1 is 1.33 bits per heavy atom. The van der Waals surface area contributed by atoms with Crippen molar-refractivity contribution in [1.29, 1.82) is 0 Å². The standard InChI is InChI=1S/C14H15N3O4/c1-21-11-5-8-7(4-9(11)15)6-17(14(8)20)10-2-3-12(18)16-13(10)19/h4-5,10H,2-3,6,15H2,1H3,(H,16,18,19). The fourth-order valence-corrected chi connectivity index (χ4v) is 2.79. The molecule has 1 fully saturated rings. The molecule has 7 heteroatoms. The van der Waals surface area contributed by atoms with E-state index in [1.54, 1.807) is 12.1 Å². The van der Waals surface area contributed by atoms with Gasteiger partial charge < -0.3 is 15.4 Å². The van der Waals surface area contributed by atoms with E-state index in [0.717, 1.165) is 5.56 Å². The Bertz CT molecular complexity index is 656. The highest BCUT2D eigenvalue weighted by molar-refractivity contribution is 6.05. The summed E-state index contributed by atoms with van der Waals surface area (Å²) in [4.78, 5) is 37.0. The largest absolute Gasteiger partial charge is 0.495 e. The second-order valence-electron chi connectivity index (χ2n) is 5.15. The lowest BCUT2D eigenvalue weighted by Crippen LogP contribution is -2.52. The van der Waals surface area contributed by atoms with Gasteiger partial charge in [-0.1, -0.05) is 0 Å². The van der Waals surface area contributed by atoms with Crippen molar-refractivity contribution in [3.05, 3.63) is 23.3 Å². The highest BCUT2D eigenvalue weighted by atomic mass is 16.5. The van der Waals surface area contributed by atoms with Gasteiger partial charge in [-0.15, -0.1) is 0 Å². The molecule has 7 nitrogen and oxygen atoms in total. The van der Waals surface area contributed by atoms with Crippen LogP contribution in [0.5, 0.6) is 5.75 Å². The molecular formula is C14H15N3O4. The van der Waals surface area contributed by atoms with Gasteiger partial charge in [0, 0.05) is 18.5 Å². The third kappa shape index (κ3) is 2.10. The Morgan fingerprint density at radius 3 is 2.76 bits per heavy atom. The van der Waals surface area contributed by atoms with E-state index in [2.05, 4.69) is 5.32 Å². The molecule has 0 aliphatic carbocycles. The predicted octanol–water partition coefficient (Wildman–Crippen LogP) is 0.0384. The smallest absolute Gasteiger partial charge is 0.255 e. The predicted molar refractivity (Wildman–Crippen MR) is 73.5 cm³/mol. The number of nitrogen functional groups attached to an aromatic ring is 1. The van der Waals surface area contributed by atoms with Crippen molar-refractivity contribution >= 4 is 23.4 Å². The second kappa shape index (κ2) is 4.76. The molecule has 0 saturated carbocycles. The van der Waals surface area contributed by atoms with Gasteiger partial charge in [0.2, 0.25) is 11.8 Å². The molecule has 1 atom stereocenters. The molecule has 0 spiro atoms. The van der Waals surface area contributed by atoms with Gasteiger partial charge in [-0.05, 0) is 24.1 Å². The van der Waals surface area contributed by atoms with E-state index in [1.165, 1.54) is 12.0 Å². The quantitative estimate of drug-likeness (QED) is 0.591. The van der Waals surface area contributed by atoms with Crippen LogP contribution in [-0.4, -0.2) is 35.8 Å². The molecule has 0 bridgehead atoms. The van der Waals surface area contributed by atoms with Crippen molar-refractivity contribution < 1.29 is 19.1 Å². The molecule has 0 radical (unpaired) electrons. The first-order valence-corrected chi connectivity index (χ1v) is 6.62. The Morgan fingerprint density at radius 2 is 2.10 bits per heavy atom. The zero-order chi connectivity index (χ0) is 15.1. The molecule has 110 valence electrons. The molecule has 2 heterocycles. The maximum Gasteiger partial charge on any atom is 0.255 e. The minimum Gasteiger partial charge on any atom is -0.495 e. The molecule has 1 aromatic carbocycles. The number of ether oxygens (including phenoxy) is 1. The van der Waals surface area contributed by atoms with Crippen LogP contribution >= 0.6 is 0 Å². The number of fused-ring (bicyclic) bond motifs is 1. The minimum absolute atomic E-state index is 0.238. The number of anilines is 1. The Kier molecular flexibility index (Phi) is 3.04. The maximum absolute atomic E-state index is 12.5. The summed E-state index contributed by atoms with van der Waals surface area (Å²) in [5.41, 5.74) is 7.55. The van der Waals surface area contributed by atoms with E-state index in [4.69, 9.17) is 10.5 Å². The number of nitrogens with zero attached hydrogens (tertiary/aromatic N) is 1. The topological polar surface area (TPSA) is 102 Å². The first-order chi connectivity index (χ1) is 10.0. The van der Waals surface area contributed by atoms with Crippen LogP contribution in [-0.2, 0) is 16.1 Å². The van der Waals surface area contributed by atoms with Crippen LogP contribution in [0.15, 0.2) is 12.1 Å². The fourth-order valence-electron chi connectivity index (χ4n) is 2.79. The van der Waals surface area contributed by atoms with Gasteiger partial charge in [0.15, 0.2) is 0 Å². The number of methoxy groups -OCH3 is 1. The molecular weight excluding hydrogens is 274 g/mol. The van der Waals surface area contributed by atoms with Crippen LogP contribution in [0.1, 0.15) is 28.8 Å². The van der Waals surface area contributed by atoms with Crippen LogP contribution in [0.4, 0.5) is 5.69 Å². The Balaban J connectivity index is 1.90. The van der Waals surface area contributed by atoms with E-state index < -0.39 is 11.9 Å². The molecule has 21 heavy (non-hydrogen) atoms. The van der Waals surface area contributed by atoms with Crippen LogP contribution in [0.2, 0.25) is 0 Å². The molecule has 1 saturated heterocycles. The van der Waals surface area contributed by atoms with Gasteiger partial charge in [-0.25, -0.2) is 0 Å². The monoisotopic (exact) mass is 289 g/mol. The average molecular weight is 289 g/mol. The van der Waals surface area contributed by atoms with E-state index in [9.17, 15) is 14.4 Å². The summed E-state index contributed by atoms with van der Waals surface area (Å²) in [7, 11) is 1.48. The van der Waals surface area contributed by atoms with E-state index >= 15 is 0 Å². The number of benzene rings is 1. The number of nitrogens with one attached hydrogen (secondary N) is 1. The van der Waals surface area contributed by atoms with E-state index in [0.29, 0.717) is 30.0 Å². The summed E-state index contributed by atoms with van der Waals surface area (Å²) in [6, 6.07) is 2.67. The summed E-state index contributed by atoms with van der Waals surface area (Å²) in [6.07, 6.45) is 0.582. The van der Waals surface area contributed by atoms with Crippen LogP contribution in [0.25, 0.3) is 0 Å². The summed E-state index contributed by atoms with van der Waals surface area (Å²) in [6.45, 7) is 0.314. The van der Waals surface area contributed by atoms with Gasteiger partial charge in [-0.3, -0.25) is 19.7 Å². The third-order valence-electron chi connectivity index (χ3n) is 3.87. The van der Waals surface area contributed by atoms with E-state index in [-0.39, 0.29) is 18.2 Å². The number of hydrogen-bond donors (Lipinski definition) is 2. The molecule has 2 aliphatic rings. The summed E-state index contributed by atoms with van der Waals surface area (Å²) in [5, 5.41) is 2.27. The maximum atomic E-state index is 12.5. The van der Waals surface area contributed by atoms with Crippen LogP contribution in [0, 0.1) is 0 Å². The van der Waals surface area contributed by atoms with Crippen molar-refractivity contribution in [2.45, 2.75) is 25.4 Å². The molecule has 2 aliphatic heterocycles. The number of piperidine rings is 1. The molecule has 3 rings (SSSR count). The average Bonchev–Trinajstić information content (AvgIpc) is 2.74. The second-order valence-corrected chi connectivity index (χ2v) is 5.15. The Hall–Kier alpha value is -2.57. The van der Waals surface area contributed by atoms with Gasteiger partial charge in [0.25, 0.3) is 5.91 Å². The first-order valence-electron chi connectivity index (χ1n) is 6.62. The lowest BCUT2D eigenvalue weighted by molar-refractivity contribution is -0.136. The number of carbonyl (C=O) groups excluding carboxylic acids is 3. The van der Waals surface area contributed by atoms with Crippen molar-refractivity contribution in [3.8, 4) is 5.75 Å². The van der Waals surface area contributed by atoms with Crippen LogP contribution < -0.4 is 15.8 Å². The third-order valence-corrected chi connectivity index (χ3v) is 3.87. The lowest BCUT2D eigenvalue weighted by atomic mass is 10.0. The molecule has 1 unspecified atom stereocenters. The fraction of sp³-hybridized carbons (Fsp3) is 0.357. The van der Waals surface area contributed by atoms with Gasteiger partial charge in [0.05, 0.1) is 12.8 Å². The van der Waals surface area contributed by atoms with Crippen molar-refractivity contribution in [3.63, 3.8) is 0 Å². The molecule has 3 amide bonds. The highest BCUT2D eigenvalue weighted by Gasteiger charge is 2.39. The summed E-state index contributed by atoms with van der Waals surface area (Å²) in [5.74, 6) is -0.524. The molecule has 3 N–H and O–H groups in total. The molecule has 1 aromatic rings. The van der Waals surface area contributed by atoms with Crippen LogP contribution in [0.3, 0.4) is 0 Å². The molecule has 0 aromatic heterocycles. The number of nitrogens with two attached hydrogens (primary N) is 1. The van der Waals surface area contributed by atoms with Crippen molar-refractivity contribution in [1.82, 2.24) is 10.2 Å². The zero-order valence-electron chi connectivity index (χ0n) is 11.5. The van der Waals surface area contributed by atoms with Gasteiger partial charge >= 0.3 is 0 Å². The zero-order valence-corrected chi connectivity index (χ0v) is 11.5. The number of amides is 3.